The fourth-order valence-corrected chi connectivity index (χ4v) is 5.16. The summed E-state index contributed by atoms with van der Waals surface area (Å²) in [7, 11) is 0. The molecule has 2 aliphatic rings. The van der Waals surface area contributed by atoms with Gasteiger partial charge in [-0.15, -0.1) is 0 Å². The molecule has 6 nitrogen and oxygen atoms in total. The molecular weight excluding hydrogens is 414 g/mol. The zero-order valence-electron chi connectivity index (χ0n) is 19.6. The summed E-state index contributed by atoms with van der Waals surface area (Å²) in [6.07, 6.45) is 9.53. The number of aryl methyl sites for hydroxylation is 2. The summed E-state index contributed by atoms with van der Waals surface area (Å²) in [5.74, 6) is 0.181. The van der Waals surface area contributed by atoms with E-state index in [0.717, 1.165) is 54.7 Å². The number of H-pyrrole nitrogens is 1. The summed E-state index contributed by atoms with van der Waals surface area (Å²) in [6, 6.07) is 8.20. The highest BCUT2D eigenvalue weighted by Crippen LogP contribution is 2.31. The third-order valence-electron chi connectivity index (χ3n) is 6.86. The minimum atomic E-state index is -0.165. The molecule has 1 fully saturated rings. The Morgan fingerprint density at radius 2 is 1.82 bits per heavy atom. The van der Waals surface area contributed by atoms with Gasteiger partial charge in [-0.2, -0.15) is 0 Å². The minimum absolute atomic E-state index is 0.135. The van der Waals surface area contributed by atoms with Crippen molar-refractivity contribution in [2.45, 2.75) is 71.4 Å². The Morgan fingerprint density at radius 3 is 2.58 bits per heavy atom. The number of nitrogens with zero attached hydrogens (tertiary/aromatic N) is 1. The van der Waals surface area contributed by atoms with Crippen molar-refractivity contribution >= 4 is 17.4 Å². The monoisotopic (exact) mass is 447 g/mol. The third-order valence-corrected chi connectivity index (χ3v) is 6.86. The number of anilines is 1. The van der Waals surface area contributed by atoms with E-state index in [1.54, 1.807) is 0 Å². The Hall–Kier alpha value is -3.15. The van der Waals surface area contributed by atoms with Crippen LogP contribution in [-0.2, 0) is 24.2 Å². The summed E-state index contributed by atoms with van der Waals surface area (Å²) < 4.78 is 0. The van der Waals surface area contributed by atoms with E-state index < -0.39 is 0 Å². The molecule has 0 bridgehead atoms. The number of Topliss-reactive ketones (excluding diaryl/α,β-unsaturated/α-hetero) is 1. The Bertz CT molecular complexity index is 1120. The van der Waals surface area contributed by atoms with Gasteiger partial charge in [0.2, 0.25) is 0 Å². The predicted molar refractivity (Wildman–Crippen MR) is 131 cm³/mol. The number of hydrogen-bond donors (Lipinski definition) is 2. The first-order chi connectivity index (χ1) is 16.0. The first-order valence-electron chi connectivity index (χ1n) is 12.0. The van der Waals surface area contributed by atoms with Crippen LogP contribution in [0.5, 0.6) is 0 Å². The van der Waals surface area contributed by atoms with Crippen LogP contribution in [0.3, 0.4) is 0 Å². The van der Waals surface area contributed by atoms with E-state index in [2.05, 4.69) is 40.3 Å². The molecule has 0 atom stereocenters. The van der Waals surface area contributed by atoms with Gasteiger partial charge in [-0.05, 0) is 75.3 Å². The Labute approximate surface area is 195 Å². The van der Waals surface area contributed by atoms with E-state index >= 15 is 0 Å². The van der Waals surface area contributed by atoms with E-state index in [1.807, 2.05) is 25.1 Å². The van der Waals surface area contributed by atoms with E-state index in [9.17, 15) is 14.4 Å². The van der Waals surface area contributed by atoms with Gasteiger partial charge in [0.1, 0.15) is 5.78 Å². The first kappa shape index (κ1) is 23.0. The average Bonchev–Trinajstić information content (AvgIpc) is 2.79. The molecule has 1 aliphatic heterocycles. The molecule has 1 aromatic heterocycles. The van der Waals surface area contributed by atoms with Crippen LogP contribution in [0.1, 0.15) is 71.8 Å². The lowest BCUT2D eigenvalue weighted by Crippen LogP contribution is -2.39. The first-order valence-corrected chi connectivity index (χ1v) is 12.0. The number of aromatic amines is 1. The lowest BCUT2D eigenvalue weighted by Gasteiger charge is -2.36. The average molecular weight is 448 g/mol. The highest BCUT2D eigenvalue weighted by atomic mass is 16.2. The molecule has 174 valence electrons. The number of fused-ring (bicyclic) bond motifs is 2. The minimum Gasteiger partial charge on any atom is -0.369 e. The second kappa shape index (κ2) is 10.2. The quantitative estimate of drug-likeness (QED) is 0.697. The van der Waals surface area contributed by atoms with E-state index in [0.29, 0.717) is 42.2 Å². The molecule has 4 rings (SSSR count). The number of nitrogens with one attached hydrogen (secondary N) is 2. The Kier molecular flexibility index (Phi) is 7.11. The van der Waals surface area contributed by atoms with Gasteiger partial charge in [-0.3, -0.25) is 14.4 Å². The van der Waals surface area contributed by atoms with Gasteiger partial charge in [0.05, 0.1) is 0 Å². The van der Waals surface area contributed by atoms with Gasteiger partial charge in [0, 0.05) is 54.5 Å². The van der Waals surface area contributed by atoms with Crippen molar-refractivity contribution in [2.75, 3.05) is 11.4 Å². The van der Waals surface area contributed by atoms with Crippen LogP contribution in [-0.4, -0.2) is 29.3 Å². The Balaban J connectivity index is 1.69. The number of hydrogen-bond acceptors (Lipinski definition) is 4. The molecule has 1 amide bonds. The summed E-state index contributed by atoms with van der Waals surface area (Å²) in [5.41, 5.74) is 5.03. The van der Waals surface area contributed by atoms with Crippen molar-refractivity contribution in [3.05, 3.63) is 74.7 Å². The molecular formula is C27H33N3O3. The smallest absolute Gasteiger partial charge is 0.253 e. The van der Waals surface area contributed by atoms with Crippen LogP contribution in [0.15, 0.2) is 41.2 Å². The molecule has 2 N–H and O–H groups in total. The van der Waals surface area contributed by atoms with Crippen LogP contribution in [0.2, 0.25) is 0 Å². The second-order valence-electron chi connectivity index (χ2n) is 9.04. The molecule has 1 aliphatic carbocycles. The van der Waals surface area contributed by atoms with E-state index in [-0.39, 0.29) is 18.0 Å². The van der Waals surface area contributed by atoms with Crippen LogP contribution >= 0.6 is 0 Å². The highest BCUT2D eigenvalue weighted by molar-refractivity contribution is 5.97. The molecule has 6 heteroatoms. The summed E-state index contributed by atoms with van der Waals surface area (Å²) in [4.78, 5) is 42.9. The van der Waals surface area contributed by atoms with Crippen molar-refractivity contribution in [3.63, 3.8) is 0 Å². The maximum atomic E-state index is 13.3. The standard InChI is InChI=1S/C27H33N3O3/c1-3-30(20-12-14-21(31)15-13-20)25-11-7-10-23-22(25)9-6-4-5-8-19-16-18(2)29-27(33)24(19)17-28-26(23)32/h4,6-7,10-11,16,20H,3,5,8-9,12-15,17H2,1-2H3,(H,28,32)(H,29,33)/b6-4+. The summed E-state index contributed by atoms with van der Waals surface area (Å²) in [6.45, 7) is 5.04. The van der Waals surface area contributed by atoms with Gasteiger partial charge in [0.15, 0.2) is 0 Å². The lowest BCUT2D eigenvalue weighted by molar-refractivity contribution is -0.120. The summed E-state index contributed by atoms with van der Waals surface area (Å²) in [5, 5.41) is 3.00. The molecule has 1 saturated carbocycles. The molecule has 0 saturated heterocycles. The number of pyridine rings is 1. The van der Waals surface area contributed by atoms with E-state index in [4.69, 9.17) is 0 Å². The number of carbonyl (C=O) groups is 2. The van der Waals surface area contributed by atoms with Crippen molar-refractivity contribution in [1.82, 2.24) is 10.3 Å². The van der Waals surface area contributed by atoms with Crippen molar-refractivity contribution in [1.29, 1.82) is 0 Å². The normalized spacial score (nSPS) is 18.4. The van der Waals surface area contributed by atoms with Gasteiger partial charge in [-0.25, -0.2) is 0 Å². The predicted octanol–water partition coefficient (Wildman–Crippen LogP) is 4.00. The van der Waals surface area contributed by atoms with Gasteiger partial charge in [0.25, 0.3) is 11.5 Å². The maximum absolute atomic E-state index is 13.3. The zero-order valence-corrected chi connectivity index (χ0v) is 19.6. The fraction of sp³-hybridized carbons (Fsp3) is 0.444. The lowest BCUT2D eigenvalue weighted by atomic mass is 9.91. The molecule has 2 heterocycles. The van der Waals surface area contributed by atoms with Crippen LogP contribution in [0.25, 0.3) is 0 Å². The van der Waals surface area contributed by atoms with Gasteiger partial charge in [-0.1, -0.05) is 18.2 Å². The van der Waals surface area contributed by atoms with Crippen molar-refractivity contribution in [2.24, 2.45) is 0 Å². The van der Waals surface area contributed by atoms with E-state index in [1.165, 1.54) is 0 Å². The molecule has 2 aromatic rings. The largest absolute Gasteiger partial charge is 0.369 e. The molecule has 0 radical (unpaired) electrons. The number of ketones is 1. The van der Waals surface area contributed by atoms with Crippen LogP contribution in [0, 0.1) is 6.92 Å². The molecule has 0 unspecified atom stereocenters. The zero-order chi connectivity index (χ0) is 23.4. The number of benzene rings is 1. The SMILES string of the molecule is CCN(c1cccc2c1C/C=C/CCc1cc(C)[nH]c(=O)c1CNC2=O)C1CCC(=O)CC1. The number of rotatable bonds is 3. The summed E-state index contributed by atoms with van der Waals surface area (Å²) >= 11 is 0. The number of amides is 1. The van der Waals surface area contributed by atoms with Crippen molar-refractivity contribution < 1.29 is 9.59 Å². The van der Waals surface area contributed by atoms with Gasteiger partial charge < -0.3 is 15.2 Å². The molecule has 33 heavy (non-hydrogen) atoms. The second-order valence-corrected chi connectivity index (χ2v) is 9.04. The topological polar surface area (TPSA) is 82.3 Å². The maximum Gasteiger partial charge on any atom is 0.253 e. The molecule has 0 spiro atoms. The van der Waals surface area contributed by atoms with Crippen LogP contribution in [0.4, 0.5) is 5.69 Å². The van der Waals surface area contributed by atoms with Crippen molar-refractivity contribution in [3.8, 4) is 0 Å². The highest BCUT2D eigenvalue weighted by Gasteiger charge is 2.26. The number of allylic oxidation sites excluding steroid dienone is 2. The molecule has 1 aromatic carbocycles. The van der Waals surface area contributed by atoms with Gasteiger partial charge >= 0.3 is 0 Å². The van der Waals surface area contributed by atoms with Crippen LogP contribution < -0.4 is 15.8 Å². The number of aromatic nitrogens is 1. The Morgan fingerprint density at radius 1 is 1.03 bits per heavy atom. The number of carbonyl (C=O) groups excluding carboxylic acids is 2. The third kappa shape index (κ3) is 5.10. The fourth-order valence-electron chi connectivity index (χ4n) is 5.16.